The maximum atomic E-state index is 12.4. The van der Waals surface area contributed by atoms with Gasteiger partial charge in [0.2, 0.25) is 0 Å². The first-order valence-electron chi connectivity index (χ1n) is 10.6. The molecule has 3 N–H and O–H groups in total. The van der Waals surface area contributed by atoms with Gasteiger partial charge in [-0.25, -0.2) is 4.99 Å². The van der Waals surface area contributed by atoms with Crippen LogP contribution in [0.5, 0.6) is 5.75 Å². The van der Waals surface area contributed by atoms with Gasteiger partial charge in [-0.3, -0.25) is 4.79 Å². The molecule has 0 aliphatic heterocycles. The molecular weight excluding hydrogens is 517 g/mol. The highest BCUT2D eigenvalue weighted by Gasteiger charge is 2.07. The number of methoxy groups -OCH3 is 1. The number of rotatable bonds is 10. The zero-order valence-electron chi connectivity index (χ0n) is 19.7. The summed E-state index contributed by atoms with van der Waals surface area (Å²) in [5.74, 6) is 1.51. The van der Waals surface area contributed by atoms with E-state index in [1.165, 1.54) is 0 Å². The van der Waals surface area contributed by atoms with Crippen LogP contribution in [-0.2, 0) is 13.1 Å². The predicted octanol–water partition coefficient (Wildman–Crippen LogP) is 3.17. The summed E-state index contributed by atoms with van der Waals surface area (Å²) >= 11 is 0. The van der Waals surface area contributed by atoms with Crippen LogP contribution in [0.4, 0.5) is 0 Å². The molecule has 0 heterocycles. The van der Waals surface area contributed by atoms with E-state index < -0.39 is 0 Å². The number of amides is 1. The molecule has 0 saturated heterocycles. The van der Waals surface area contributed by atoms with Crippen molar-refractivity contribution in [2.75, 3.05) is 40.8 Å². The first kappa shape index (κ1) is 27.7. The Morgan fingerprint density at radius 1 is 1.09 bits per heavy atom. The van der Waals surface area contributed by atoms with Gasteiger partial charge < -0.3 is 25.6 Å². The van der Waals surface area contributed by atoms with Gasteiger partial charge in [-0.15, -0.1) is 24.0 Å². The summed E-state index contributed by atoms with van der Waals surface area (Å²) in [5.41, 5.74) is 3.85. The second-order valence-corrected chi connectivity index (χ2v) is 7.62. The van der Waals surface area contributed by atoms with Crippen molar-refractivity contribution in [3.63, 3.8) is 0 Å². The minimum absolute atomic E-state index is 0. The Labute approximate surface area is 209 Å². The number of nitrogens with zero attached hydrogens (tertiary/aromatic N) is 2. The monoisotopic (exact) mass is 553 g/mol. The minimum atomic E-state index is -0.0656. The lowest BCUT2D eigenvalue weighted by Crippen LogP contribution is -2.36. The molecule has 32 heavy (non-hydrogen) atoms. The maximum Gasteiger partial charge on any atom is 0.251 e. The minimum Gasteiger partial charge on any atom is -0.496 e. The van der Waals surface area contributed by atoms with Crippen molar-refractivity contribution in [2.24, 2.45) is 4.99 Å². The van der Waals surface area contributed by atoms with Crippen LogP contribution in [-0.4, -0.2) is 57.6 Å². The summed E-state index contributed by atoms with van der Waals surface area (Å²) in [5, 5.41) is 9.56. The average molecular weight is 553 g/mol. The number of aliphatic imine (C=N–C) groups is 1. The van der Waals surface area contributed by atoms with Crippen molar-refractivity contribution >= 4 is 35.8 Å². The molecule has 0 aliphatic carbocycles. The molecule has 0 fully saturated rings. The number of halogens is 1. The summed E-state index contributed by atoms with van der Waals surface area (Å²) in [6.07, 6.45) is 0. The molecule has 0 aromatic heterocycles. The van der Waals surface area contributed by atoms with Crippen molar-refractivity contribution in [2.45, 2.75) is 26.9 Å². The third-order valence-corrected chi connectivity index (χ3v) is 4.69. The molecule has 0 radical (unpaired) electrons. The Balaban J connectivity index is 0.00000512. The maximum absolute atomic E-state index is 12.4. The Kier molecular flexibility index (Phi) is 12.7. The second-order valence-electron chi connectivity index (χ2n) is 7.62. The Morgan fingerprint density at radius 2 is 1.88 bits per heavy atom. The Morgan fingerprint density at radius 3 is 2.56 bits per heavy atom. The number of aryl methyl sites for hydroxylation is 1. The fourth-order valence-corrected chi connectivity index (χ4v) is 2.99. The van der Waals surface area contributed by atoms with Gasteiger partial charge in [0.1, 0.15) is 5.75 Å². The summed E-state index contributed by atoms with van der Waals surface area (Å²) in [6.45, 7) is 7.32. The molecule has 2 aromatic rings. The zero-order valence-corrected chi connectivity index (χ0v) is 22.0. The fourth-order valence-electron chi connectivity index (χ4n) is 2.99. The van der Waals surface area contributed by atoms with E-state index in [0.29, 0.717) is 31.2 Å². The topological polar surface area (TPSA) is 78.0 Å². The Hall–Kier alpha value is -2.33. The van der Waals surface area contributed by atoms with Crippen molar-refractivity contribution in [3.8, 4) is 5.75 Å². The number of ether oxygens (including phenoxy) is 1. The van der Waals surface area contributed by atoms with Crippen molar-refractivity contribution in [1.82, 2.24) is 20.9 Å². The van der Waals surface area contributed by atoms with Crippen LogP contribution in [0.1, 0.15) is 34.0 Å². The Bertz CT molecular complexity index is 886. The van der Waals surface area contributed by atoms with E-state index in [2.05, 4.69) is 33.1 Å². The van der Waals surface area contributed by atoms with Crippen LogP contribution < -0.4 is 20.7 Å². The number of guanidine groups is 1. The predicted molar refractivity (Wildman–Crippen MR) is 142 cm³/mol. The molecule has 1 amide bonds. The number of carbonyl (C=O) groups is 1. The SMILES string of the molecule is CCNC(=NCc1cccc(C(=O)NCCN(C)C)c1)NCc1ccc(C)cc1OC.I. The summed E-state index contributed by atoms with van der Waals surface area (Å²) in [4.78, 5) is 19.1. The normalized spacial score (nSPS) is 11.0. The number of benzene rings is 2. The van der Waals surface area contributed by atoms with E-state index in [9.17, 15) is 4.79 Å². The molecule has 0 spiro atoms. The summed E-state index contributed by atoms with van der Waals surface area (Å²) in [7, 11) is 5.65. The van der Waals surface area contributed by atoms with Gasteiger partial charge in [0.25, 0.3) is 5.91 Å². The van der Waals surface area contributed by atoms with Crippen LogP contribution in [0.15, 0.2) is 47.5 Å². The molecule has 8 heteroatoms. The van der Waals surface area contributed by atoms with E-state index >= 15 is 0 Å². The zero-order chi connectivity index (χ0) is 22.6. The van der Waals surface area contributed by atoms with Gasteiger partial charge in [0.05, 0.1) is 13.7 Å². The lowest BCUT2D eigenvalue weighted by molar-refractivity contribution is 0.0951. The lowest BCUT2D eigenvalue weighted by Gasteiger charge is -2.14. The summed E-state index contributed by atoms with van der Waals surface area (Å²) in [6, 6.07) is 13.7. The molecule has 176 valence electrons. The highest BCUT2D eigenvalue weighted by molar-refractivity contribution is 14.0. The largest absolute Gasteiger partial charge is 0.496 e. The number of nitrogens with one attached hydrogen (secondary N) is 3. The van der Waals surface area contributed by atoms with E-state index in [0.717, 1.165) is 35.5 Å². The fraction of sp³-hybridized carbons (Fsp3) is 0.417. The van der Waals surface area contributed by atoms with Crippen LogP contribution in [0, 0.1) is 6.92 Å². The number of hydrogen-bond donors (Lipinski definition) is 3. The quantitative estimate of drug-likeness (QED) is 0.240. The second kappa shape index (κ2) is 14.7. The van der Waals surface area contributed by atoms with Crippen molar-refractivity contribution in [3.05, 3.63) is 64.7 Å². The highest BCUT2D eigenvalue weighted by atomic mass is 127. The molecule has 2 rings (SSSR count). The number of likely N-dealkylation sites (N-methyl/N-ethyl adjacent to an activating group) is 1. The van der Waals surface area contributed by atoms with Crippen LogP contribution in [0.2, 0.25) is 0 Å². The molecule has 2 aromatic carbocycles. The smallest absolute Gasteiger partial charge is 0.251 e. The molecular formula is C24H36IN5O2. The van der Waals surface area contributed by atoms with E-state index in [1.807, 2.05) is 63.2 Å². The van der Waals surface area contributed by atoms with Crippen molar-refractivity contribution in [1.29, 1.82) is 0 Å². The summed E-state index contributed by atoms with van der Waals surface area (Å²) < 4.78 is 5.48. The first-order chi connectivity index (χ1) is 14.9. The van der Waals surface area contributed by atoms with Gasteiger partial charge in [-0.2, -0.15) is 0 Å². The lowest BCUT2D eigenvalue weighted by atomic mass is 10.1. The van der Waals surface area contributed by atoms with Gasteiger partial charge in [0, 0.05) is 37.3 Å². The van der Waals surface area contributed by atoms with Gasteiger partial charge in [0.15, 0.2) is 5.96 Å². The molecule has 7 nitrogen and oxygen atoms in total. The molecule has 0 atom stereocenters. The van der Waals surface area contributed by atoms with E-state index in [1.54, 1.807) is 7.11 Å². The average Bonchev–Trinajstić information content (AvgIpc) is 2.76. The highest BCUT2D eigenvalue weighted by Crippen LogP contribution is 2.19. The van der Waals surface area contributed by atoms with Crippen LogP contribution in [0.3, 0.4) is 0 Å². The van der Waals surface area contributed by atoms with Gasteiger partial charge in [-0.1, -0.05) is 24.3 Å². The number of hydrogen-bond acceptors (Lipinski definition) is 4. The standard InChI is InChI=1S/C24H35N5O2.HI/c1-6-25-24(28-17-21-11-10-18(2)14-22(21)31-5)27-16-19-8-7-9-20(15-19)23(30)26-12-13-29(3)4;/h7-11,14-15H,6,12-13,16-17H2,1-5H3,(H,26,30)(H2,25,27,28);1H. The van der Waals surface area contributed by atoms with E-state index in [4.69, 9.17) is 4.74 Å². The third-order valence-electron chi connectivity index (χ3n) is 4.69. The molecule has 0 aliphatic rings. The molecule has 0 unspecified atom stereocenters. The van der Waals surface area contributed by atoms with Gasteiger partial charge in [-0.05, 0) is 57.3 Å². The third kappa shape index (κ3) is 9.44. The molecule has 0 saturated carbocycles. The van der Waals surface area contributed by atoms with Crippen LogP contribution >= 0.6 is 24.0 Å². The van der Waals surface area contributed by atoms with Crippen molar-refractivity contribution < 1.29 is 9.53 Å². The first-order valence-corrected chi connectivity index (χ1v) is 10.6. The molecule has 0 bridgehead atoms. The van der Waals surface area contributed by atoms with Gasteiger partial charge >= 0.3 is 0 Å². The van der Waals surface area contributed by atoms with E-state index in [-0.39, 0.29) is 29.9 Å². The number of carbonyl (C=O) groups excluding carboxylic acids is 1. The van der Waals surface area contributed by atoms with Crippen LogP contribution in [0.25, 0.3) is 0 Å².